The van der Waals surface area contributed by atoms with Gasteiger partial charge in [0, 0.05) is 23.7 Å². The van der Waals surface area contributed by atoms with E-state index in [2.05, 4.69) is 59.7 Å². The lowest BCUT2D eigenvalue weighted by Crippen LogP contribution is -2.37. The van der Waals surface area contributed by atoms with Crippen LogP contribution in [-0.2, 0) is 0 Å². The maximum atomic E-state index is 2.27. The summed E-state index contributed by atoms with van der Waals surface area (Å²) in [6, 6.07) is 8.53. The van der Waals surface area contributed by atoms with E-state index in [9.17, 15) is 0 Å². The van der Waals surface area contributed by atoms with E-state index in [1.165, 1.54) is 16.1 Å². The fourth-order valence-corrected chi connectivity index (χ4v) is 1.98. The number of benzene rings is 1. The highest BCUT2D eigenvalue weighted by Gasteiger charge is 2.09. The summed E-state index contributed by atoms with van der Waals surface area (Å²) < 4.78 is 0. The maximum Gasteiger partial charge on any atom is 0.0488 e. The number of fused-ring (bicyclic) bond motifs is 2. The van der Waals surface area contributed by atoms with E-state index in [-0.39, 0.29) is 30.3 Å². The van der Waals surface area contributed by atoms with Gasteiger partial charge in [0.25, 0.3) is 0 Å². The number of allylic oxidation sites excluding steroid dienone is 2. The zero-order valence-corrected chi connectivity index (χ0v) is 10.8. The molecule has 0 aliphatic carbocycles. The lowest BCUT2D eigenvalue weighted by Gasteiger charge is -2.25. The van der Waals surface area contributed by atoms with Gasteiger partial charge in [-0.3, -0.25) is 0 Å². The van der Waals surface area contributed by atoms with Gasteiger partial charge in [-0.15, -0.1) is 24.8 Å². The second-order valence-corrected chi connectivity index (χ2v) is 3.53. The molecule has 0 aromatic heterocycles. The monoisotopic (exact) mass is 271 g/mol. The molecular weight excluding hydrogens is 257 g/mol. The van der Waals surface area contributed by atoms with Crippen molar-refractivity contribution in [1.82, 2.24) is 4.90 Å². The Morgan fingerprint density at radius 1 is 1.00 bits per heavy atom. The molecule has 0 spiro atoms. The number of halogens is 2. The Balaban J connectivity index is 0.000000853. The largest absolute Gasteiger partial charge is 0.412 e. The second-order valence-electron chi connectivity index (χ2n) is 3.53. The molecule has 3 rings (SSSR count). The van der Waals surface area contributed by atoms with Crippen molar-refractivity contribution in [2.24, 2.45) is 0 Å². The summed E-state index contributed by atoms with van der Waals surface area (Å²) in [5.41, 5.74) is 1.31. The molecule has 0 radical (unpaired) electrons. The lowest BCUT2D eigenvalue weighted by atomic mass is 10.1. The number of nitrogens with zero attached hydrogens (tertiary/aromatic N) is 1. The Morgan fingerprint density at radius 3 is 2.59 bits per heavy atom. The van der Waals surface area contributed by atoms with Gasteiger partial charge in [0.05, 0.1) is 0 Å². The van der Waals surface area contributed by atoms with Crippen molar-refractivity contribution in [2.75, 3.05) is 6.54 Å². The first-order valence-electron chi connectivity index (χ1n) is 4.86. The van der Waals surface area contributed by atoms with Crippen LogP contribution in [0.3, 0.4) is 0 Å². The fourth-order valence-electron chi connectivity index (χ4n) is 1.98. The summed E-state index contributed by atoms with van der Waals surface area (Å²) in [4.78, 5) is 2.27. The molecule has 2 nitrogen and oxygen atoms in total. The summed E-state index contributed by atoms with van der Waals surface area (Å²) in [5, 5.41) is 2.68. The van der Waals surface area contributed by atoms with Crippen molar-refractivity contribution >= 4 is 36.6 Å². The van der Waals surface area contributed by atoms with Gasteiger partial charge >= 0.3 is 0 Å². The summed E-state index contributed by atoms with van der Waals surface area (Å²) in [6.07, 6.45) is 10.7. The molecule has 0 amide bonds. The summed E-state index contributed by atoms with van der Waals surface area (Å²) >= 11 is 0. The van der Waals surface area contributed by atoms with Crippen LogP contribution in [0.15, 0.2) is 48.7 Å². The number of hydrogen-bond acceptors (Lipinski definition) is 1. The third-order valence-corrected chi connectivity index (χ3v) is 2.69. The van der Waals surface area contributed by atoms with Crippen LogP contribution in [0.5, 0.6) is 0 Å². The fraction of sp³-hybridized carbons (Fsp3) is 0.0769. The zero-order chi connectivity index (χ0) is 9.38. The number of rotatable bonds is 0. The van der Waals surface area contributed by atoms with Gasteiger partial charge in [-0.2, -0.15) is 0 Å². The highest BCUT2D eigenvalue weighted by atomic mass is 35.5. The predicted octanol–water partition coefficient (Wildman–Crippen LogP) is 0.993. The van der Waals surface area contributed by atoms with E-state index in [4.69, 9.17) is 0 Å². The van der Waals surface area contributed by atoms with Gasteiger partial charge in [-0.05, 0) is 17.4 Å². The molecule has 2 N–H and O–H groups in total. The van der Waals surface area contributed by atoms with Crippen LogP contribution in [0.2, 0.25) is 0 Å². The van der Waals surface area contributed by atoms with E-state index in [1.807, 2.05) is 0 Å². The summed E-state index contributed by atoms with van der Waals surface area (Å²) in [6.45, 7) is 0.979. The topological polar surface area (TPSA) is 34.7 Å². The standard InChI is InChI=1S/C13H11N.2ClH.H2O/c1-2-6-12-11(5-1)8-10-14-9-4-3-7-13(12)14;;;/h1-9H,10H2;2*1H;1H2. The zero-order valence-electron chi connectivity index (χ0n) is 9.17. The molecule has 2 aliphatic rings. The van der Waals surface area contributed by atoms with Crippen LogP contribution < -0.4 is 10.4 Å². The Morgan fingerprint density at radius 2 is 1.76 bits per heavy atom. The van der Waals surface area contributed by atoms with Gasteiger partial charge in [-0.25, -0.2) is 0 Å². The lowest BCUT2D eigenvalue weighted by molar-refractivity contribution is 0.597. The molecule has 0 unspecified atom stereocenters. The third kappa shape index (κ3) is 2.72. The van der Waals surface area contributed by atoms with E-state index in [1.54, 1.807) is 0 Å². The van der Waals surface area contributed by atoms with Crippen LogP contribution in [-0.4, -0.2) is 16.9 Å². The Hall–Kier alpha value is -1.22. The van der Waals surface area contributed by atoms with Gasteiger partial charge in [-0.1, -0.05) is 36.4 Å². The molecule has 17 heavy (non-hydrogen) atoms. The van der Waals surface area contributed by atoms with Crippen molar-refractivity contribution in [3.8, 4) is 0 Å². The van der Waals surface area contributed by atoms with E-state index < -0.39 is 0 Å². The highest BCUT2D eigenvalue weighted by Crippen LogP contribution is 2.12. The van der Waals surface area contributed by atoms with Gasteiger partial charge in [0.15, 0.2) is 0 Å². The molecular formula is C13H15Cl2NO. The molecule has 4 heteroatoms. The van der Waals surface area contributed by atoms with Gasteiger partial charge < -0.3 is 10.4 Å². The van der Waals surface area contributed by atoms with Crippen LogP contribution >= 0.6 is 24.8 Å². The van der Waals surface area contributed by atoms with Gasteiger partial charge in [0.2, 0.25) is 0 Å². The Labute approximate surface area is 113 Å². The van der Waals surface area contributed by atoms with Crippen molar-refractivity contribution in [3.05, 3.63) is 59.1 Å². The summed E-state index contributed by atoms with van der Waals surface area (Å²) in [5.74, 6) is 0. The normalized spacial score (nSPS) is 14.4. The molecule has 1 aromatic rings. The Bertz CT molecular complexity index is 549. The maximum absolute atomic E-state index is 2.27. The molecule has 1 aromatic carbocycles. The second kappa shape index (κ2) is 6.50. The SMILES string of the molecule is C1=CC2=c3ccccc3=CCN2C=C1.Cl.Cl.O. The predicted molar refractivity (Wildman–Crippen MR) is 76.7 cm³/mol. The van der Waals surface area contributed by atoms with Gasteiger partial charge in [0.1, 0.15) is 0 Å². The molecule has 2 aliphatic heterocycles. The Kier molecular flexibility index (Phi) is 6.03. The van der Waals surface area contributed by atoms with Crippen molar-refractivity contribution < 1.29 is 5.48 Å². The van der Waals surface area contributed by atoms with E-state index >= 15 is 0 Å². The van der Waals surface area contributed by atoms with Crippen LogP contribution in [0, 0.1) is 0 Å². The minimum absolute atomic E-state index is 0. The van der Waals surface area contributed by atoms with Crippen LogP contribution in [0.4, 0.5) is 0 Å². The van der Waals surface area contributed by atoms with Crippen molar-refractivity contribution in [1.29, 1.82) is 0 Å². The number of hydrogen-bond donors (Lipinski definition) is 0. The minimum atomic E-state index is 0. The molecule has 0 bridgehead atoms. The average Bonchev–Trinajstić information content (AvgIpc) is 2.29. The minimum Gasteiger partial charge on any atom is -0.412 e. The first-order valence-corrected chi connectivity index (χ1v) is 4.86. The molecule has 0 saturated carbocycles. The summed E-state index contributed by atoms with van der Waals surface area (Å²) in [7, 11) is 0. The third-order valence-electron chi connectivity index (χ3n) is 2.69. The smallest absolute Gasteiger partial charge is 0.0488 e. The van der Waals surface area contributed by atoms with Crippen molar-refractivity contribution in [2.45, 2.75) is 0 Å². The van der Waals surface area contributed by atoms with Crippen LogP contribution in [0.1, 0.15) is 0 Å². The average molecular weight is 272 g/mol. The molecule has 0 atom stereocenters. The molecule has 2 heterocycles. The first-order chi connectivity index (χ1) is 6.95. The molecule has 0 fully saturated rings. The highest BCUT2D eigenvalue weighted by molar-refractivity contribution is 5.85. The first kappa shape index (κ1) is 15.8. The molecule has 0 saturated heterocycles. The van der Waals surface area contributed by atoms with Crippen molar-refractivity contribution in [3.63, 3.8) is 0 Å². The van der Waals surface area contributed by atoms with E-state index in [0.717, 1.165) is 6.54 Å². The molecule has 92 valence electrons. The quantitative estimate of drug-likeness (QED) is 0.693. The van der Waals surface area contributed by atoms with E-state index in [0.29, 0.717) is 0 Å². The van der Waals surface area contributed by atoms with Crippen LogP contribution in [0.25, 0.3) is 11.8 Å².